The molecule has 0 aliphatic heterocycles. The monoisotopic (exact) mass is 354 g/mol. The third kappa shape index (κ3) is 3.78. The predicted octanol–water partition coefficient (Wildman–Crippen LogP) is 3.99. The number of hydrogen-bond donors (Lipinski definition) is 1. The molecule has 0 saturated carbocycles. The molecule has 0 unspecified atom stereocenters. The van der Waals surface area contributed by atoms with Gasteiger partial charge in [-0.25, -0.2) is 9.78 Å². The lowest BCUT2D eigenvalue weighted by Crippen LogP contribution is -2.21. The molecule has 0 fully saturated rings. The Hall–Kier alpha value is -2.92. The third-order valence-corrected chi connectivity index (χ3v) is 4.15. The summed E-state index contributed by atoms with van der Waals surface area (Å²) in [5, 5.41) is 4.78. The molecule has 0 aliphatic carbocycles. The summed E-state index contributed by atoms with van der Waals surface area (Å²) in [6.07, 6.45) is 1.54. The van der Waals surface area contributed by atoms with Crippen molar-refractivity contribution in [3.63, 3.8) is 0 Å². The Kier molecular flexibility index (Phi) is 4.95. The van der Waals surface area contributed by atoms with Crippen molar-refractivity contribution in [2.24, 2.45) is 0 Å². The van der Waals surface area contributed by atoms with Crippen LogP contribution in [-0.4, -0.2) is 23.5 Å². The summed E-state index contributed by atoms with van der Waals surface area (Å²) in [5.74, 6) is -1.09. The van der Waals surface area contributed by atoms with Crippen LogP contribution in [0.4, 0.5) is 5.69 Å². The Bertz CT molecular complexity index is 951. The van der Waals surface area contributed by atoms with Crippen molar-refractivity contribution in [1.29, 1.82) is 0 Å². The molecule has 0 aliphatic rings. The highest BCUT2D eigenvalue weighted by molar-refractivity contribution is 6.31. The fourth-order valence-corrected chi connectivity index (χ4v) is 2.59. The van der Waals surface area contributed by atoms with Gasteiger partial charge in [-0.05, 0) is 36.1 Å². The van der Waals surface area contributed by atoms with Gasteiger partial charge in [0, 0.05) is 22.3 Å². The van der Waals surface area contributed by atoms with E-state index in [1.165, 1.54) is 6.20 Å². The van der Waals surface area contributed by atoms with Crippen molar-refractivity contribution in [2.75, 3.05) is 11.9 Å². The van der Waals surface area contributed by atoms with Crippen LogP contribution < -0.4 is 5.32 Å². The normalized spacial score (nSPS) is 10.5. The molecule has 0 atom stereocenters. The fourth-order valence-electron chi connectivity index (χ4n) is 2.41. The zero-order valence-corrected chi connectivity index (χ0v) is 14.2. The summed E-state index contributed by atoms with van der Waals surface area (Å²) in [5.41, 5.74) is 1.52. The number of amides is 1. The van der Waals surface area contributed by atoms with Crippen molar-refractivity contribution in [2.45, 2.75) is 6.92 Å². The van der Waals surface area contributed by atoms with E-state index < -0.39 is 18.5 Å². The van der Waals surface area contributed by atoms with Crippen molar-refractivity contribution < 1.29 is 14.3 Å². The van der Waals surface area contributed by atoms with Crippen molar-refractivity contribution >= 4 is 39.9 Å². The van der Waals surface area contributed by atoms with Gasteiger partial charge in [0.25, 0.3) is 5.91 Å². The maximum absolute atomic E-state index is 12.3. The van der Waals surface area contributed by atoms with Crippen molar-refractivity contribution in [1.82, 2.24) is 4.98 Å². The molecule has 2 aromatic carbocycles. The summed E-state index contributed by atoms with van der Waals surface area (Å²) in [6.45, 7) is 1.39. The van der Waals surface area contributed by atoms with E-state index in [1.807, 2.05) is 18.2 Å². The molecule has 6 heteroatoms. The Morgan fingerprint density at radius 3 is 2.76 bits per heavy atom. The average molecular weight is 355 g/mol. The van der Waals surface area contributed by atoms with E-state index in [9.17, 15) is 9.59 Å². The number of pyridine rings is 1. The number of hydrogen-bond acceptors (Lipinski definition) is 4. The highest BCUT2D eigenvalue weighted by atomic mass is 35.5. The second-order valence-corrected chi connectivity index (χ2v) is 5.82. The number of carbonyl (C=O) groups is 2. The first-order chi connectivity index (χ1) is 12.1. The smallest absolute Gasteiger partial charge is 0.358 e. The van der Waals surface area contributed by atoms with Crippen LogP contribution in [0.25, 0.3) is 10.8 Å². The lowest BCUT2D eigenvalue weighted by Gasteiger charge is -2.10. The van der Waals surface area contributed by atoms with E-state index in [4.69, 9.17) is 16.3 Å². The number of halogens is 1. The molecule has 1 aromatic heterocycles. The zero-order valence-electron chi connectivity index (χ0n) is 13.5. The van der Waals surface area contributed by atoms with Gasteiger partial charge in [-0.15, -0.1) is 0 Å². The third-order valence-electron chi connectivity index (χ3n) is 3.74. The van der Waals surface area contributed by atoms with E-state index in [2.05, 4.69) is 10.3 Å². The fraction of sp³-hybridized carbons (Fsp3) is 0.105. The van der Waals surface area contributed by atoms with Gasteiger partial charge < -0.3 is 10.1 Å². The number of carbonyl (C=O) groups excluding carboxylic acids is 2. The molecular formula is C19H15ClN2O3. The van der Waals surface area contributed by atoms with Gasteiger partial charge >= 0.3 is 5.97 Å². The van der Waals surface area contributed by atoms with Crippen LogP contribution in [0.2, 0.25) is 5.02 Å². The highest BCUT2D eigenvalue weighted by Crippen LogP contribution is 2.23. The summed E-state index contributed by atoms with van der Waals surface area (Å²) < 4.78 is 5.09. The standard InChI is InChI=1S/C19H15ClN2O3/c1-12-15(20)7-4-8-16(12)22-17(23)11-25-19(24)18-14-6-3-2-5-13(14)9-10-21-18/h2-10H,11H2,1H3,(H,22,23). The van der Waals surface area contributed by atoms with Gasteiger partial charge in [-0.3, -0.25) is 4.79 Å². The minimum Gasteiger partial charge on any atom is -0.451 e. The Labute approximate surface area is 149 Å². The minimum atomic E-state index is -0.644. The van der Waals surface area contributed by atoms with Crippen LogP contribution in [0.3, 0.4) is 0 Å². The molecule has 0 saturated heterocycles. The molecular weight excluding hydrogens is 340 g/mol. The topological polar surface area (TPSA) is 68.3 Å². The summed E-state index contributed by atoms with van der Waals surface area (Å²) in [6, 6.07) is 14.4. The number of anilines is 1. The molecule has 1 N–H and O–H groups in total. The molecule has 3 rings (SSSR count). The number of esters is 1. The molecule has 25 heavy (non-hydrogen) atoms. The van der Waals surface area contributed by atoms with Crippen LogP contribution >= 0.6 is 11.6 Å². The Balaban J connectivity index is 1.67. The van der Waals surface area contributed by atoms with Gasteiger partial charge in [-0.1, -0.05) is 41.9 Å². The van der Waals surface area contributed by atoms with Crippen LogP contribution in [0.5, 0.6) is 0 Å². The predicted molar refractivity (Wildman–Crippen MR) is 96.8 cm³/mol. The van der Waals surface area contributed by atoms with Gasteiger partial charge in [0.05, 0.1) is 0 Å². The molecule has 1 heterocycles. The molecule has 0 bridgehead atoms. The summed E-state index contributed by atoms with van der Waals surface area (Å²) in [4.78, 5) is 28.3. The molecule has 1 amide bonds. The number of rotatable bonds is 4. The largest absolute Gasteiger partial charge is 0.451 e. The number of aromatic nitrogens is 1. The molecule has 0 radical (unpaired) electrons. The van der Waals surface area contributed by atoms with Crippen LogP contribution in [0.15, 0.2) is 54.7 Å². The number of nitrogens with zero attached hydrogens (tertiary/aromatic N) is 1. The maximum Gasteiger partial charge on any atom is 0.358 e. The number of fused-ring (bicyclic) bond motifs is 1. The van der Waals surface area contributed by atoms with Crippen LogP contribution in [0.1, 0.15) is 16.1 Å². The number of ether oxygens (including phenoxy) is 1. The molecule has 126 valence electrons. The van der Waals surface area contributed by atoms with Gasteiger partial charge in [0.1, 0.15) is 0 Å². The summed E-state index contributed by atoms with van der Waals surface area (Å²) in [7, 11) is 0. The Morgan fingerprint density at radius 2 is 1.92 bits per heavy atom. The molecule has 5 nitrogen and oxygen atoms in total. The maximum atomic E-state index is 12.3. The van der Waals surface area contributed by atoms with Gasteiger partial charge in [0.2, 0.25) is 0 Å². The minimum absolute atomic E-state index is 0.185. The van der Waals surface area contributed by atoms with E-state index in [0.29, 0.717) is 16.1 Å². The van der Waals surface area contributed by atoms with E-state index in [1.54, 1.807) is 37.3 Å². The number of benzene rings is 2. The van der Waals surface area contributed by atoms with Gasteiger partial charge in [-0.2, -0.15) is 0 Å². The summed E-state index contributed by atoms with van der Waals surface area (Å²) >= 11 is 6.02. The Morgan fingerprint density at radius 1 is 1.12 bits per heavy atom. The van der Waals surface area contributed by atoms with E-state index >= 15 is 0 Å². The SMILES string of the molecule is Cc1c(Cl)cccc1NC(=O)COC(=O)c1nccc2ccccc12. The van der Waals surface area contributed by atoms with Crippen LogP contribution in [-0.2, 0) is 9.53 Å². The first-order valence-corrected chi connectivity index (χ1v) is 8.00. The lowest BCUT2D eigenvalue weighted by molar-refractivity contribution is -0.119. The van der Waals surface area contributed by atoms with Crippen molar-refractivity contribution in [3.8, 4) is 0 Å². The van der Waals surface area contributed by atoms with Crippen LogP contribution in [0, 0.1) is 6.92 Å². The molecule has 0 spiro atoms. The zero-order chi connectivity index (χ0) is 17.8. The quantitative estimate of drug-likeness (QED) is 0.719. The van der Waals surface area contributed by atoms with Crippen molar-refractivity contribution in [3.05, 3.63) is 71.0 Å². The second-order valence-electron chi connectivity index (χ2n) is 5.42. The number of nitrogens with one attached hydrogen (secondary N) is 1. The molecule has 3 aromatic rings. The second kappa shape index (κ2) is 7.32. The van der Waals surface area contributed by atoms with Gasteiger partial charge in [0.15, 0.2) is 12.3 Å². The highest BCUT2D eigenvalue weighted by Gasteiger charge is 2.15. The van der Waals surface area contributed by atoms with E-state index in [0.717, 1.165) is 10.9 Å². The lowest BCUT2D eigenvalue weighted by atomic mass is 10.1. The first-order valence-electron chi connectivity index (χ1n) is 7.62. The van der Waals surface area contributed by atoms with E-state index in [-0.39, 0.29) is 5.69 Å². The average Bonchev–Trinajstić information content (AvgIpc) is 2.63. The first kappa shape index (κ1) is 16.9.